The maximum absolute atomic E-state index is 9.68. The minimum absolute atomic E-state index is 0.178. The van der Waals surface area contributed by atoms with Crippen LogP contribution in [0.25, 0.3) is 0 Å². The van der Waals surface area contributed by atoms with E-state index in [4.69, 9.17) is 9.84 Å². The van der Waals surface area contributed by atoms with E-state index in [1.807, 2.05) is 0 Å². The van der Waals surface area contributed by atoms with Crippen LogP contribution >= 0.6 is 11.8 Å². The number of hydrogen-bond donors (Lipinski definition) is 2. The Morgan fingerprint density at radius 1 is 0.704 bits per heavy atom. The molecule has 0 spiro atoms. The van der Waals surface area contributed by atoms with Crippen molar-refractivity contribution in [2.45, 2.75) is 116 Å². The van der Waals surface area contributed by atoms with Crippen molar-refractivity contribution in [2.75, 3.05) is 31.3 Å². The van der Waals surface area contributed by atoms with Gasteiger partial charge in [-0.25, -0.2) is 0 Å². The summed E-state index contributed by atoms with van der Waals surface area (Å²) in [5.74, 6) is 1.34. The second-order valence-electron chi connectivity index (χ2n) is 7.83. The minimum atomic E-state index is -0.400. The molecule has 0 aromatic rings. The molecule has 2 N–H and O–H groups in total. The highest BCUT2D eigenvalue weighted by Gasteiger charge is 2.03. The van der Waals surface area contributed by atoms with Gasteiger partial charge in [-0.05, 0) is 6.42 Å². The third-order valence-corrected chi connectivity index (χ3v) is 6.09. The highest BCUT2D eigenvalue weighted by Crippen LogP contribution is 2.13. The molecule has 0 radical (unpaired) electrons. The number of aliphatic hydroxyl groups is 2. The molecule has 0 aromatic carbocycles. The maximum atomic E-state index is 9.68. The molecule has 0 amide bonds. The molecule has 3 nitrogen and oxygen atoms in total. The zero-order valence-electron chi connectivity index (χ0n) is 18.1. The van der Waals surface area contributed by atoms with Gasteiger partial charge in [0.25, 0.3) is 0 Å². The third kappa shape index (κ3) is 24.2. The maximum Gasteiger partial charge on any atom is 0.0863 e. The van der Waals surface area contributed by atoms with E-state index in [1.165, 1.54) is 96.3 Å². The Balaban J connectivity index is 3.05. The second-order valence-corrected chi connectivity index (χ2v) is 8.98. The number of hydrogen-bond acceptors (Lipinski definition) is 4. The monoisotopic (exact) mass is 404 g/mol. The Labute approximate surface area is 174 Å². The van der Waals surface area contributed by atoms with Gasteiger partial charge < -0.3 is 14.9 Å². The molecule has 0 bridgehead atoms. The Kier molecular flexibility index (Phi) is 24.5. The first-order valence-electron chi connectivity index (χ1n) is 11.8. The molecule has 4 heteroatoms. The largest absolute Gasteiger partial charge is 0.396 e. The lowest BCUT2D eigenvalue weighted by Crippen LogP contribution is -2.18. The Morgan fingerprint density at radius 3 is 1.59 bits per heavy atom. The van der Waals surface area contributed by atoms with Crippen molar-refractivity contribution in [3.8, 4) is 0 Å². The average molecular weight is 405 g/mol. The third-order valence-electron chi connectivity index (χ3n) is 5.00. The van der Waals surface area contributed by atoms with Crippen LogP contribution in [0.2, 0.25) is 0 Å². The number of ether oxygens (including phenoxy) is 1. The molecule has 0 aliphatic carbocycles. The summed E-state index contributed by atoms with van der Waals surface area (Å²) < 4.78 is 5.52. The van der Waals surface area contributed by atoms with Crippen molar-refractivity contribution in [3.63, 3.8) is 0 Å². The van der Waals surface area contributed by atoms with Crippen LogP contribution in [0.1, 0.15) is 110 Å². The van der Waals surface area contributed by atoms with E-state index >= 15 is 0 Å². The average Bonchev–Trinajstić information content (AvgIpc) is 2.67. The summed E-state index contributed by atoms with van der Waals surface area (Å²) in [4.78, 5) is 0. The van der Waals surface area contributed by atoms with E-state index in [1.54, 1.807) is 11.8 Å². The lowest BCUT2D eigenvalue weighted by molar-refractivity contribution is 0.0467. The van der Waals surface area contributed by atoms with Crippen LogP contribution in [0, 0.1) is 0 Å². The van der Waals surface area contributed by atoms with Gasteiger partial charge in [0.15, 0.2) is 0 Å². The minimum Gasteiger partial charge on any atom is -0.396 e. The van der Waals surface area contributed by atoms with Crippen LogP contribution < -0.4 is 0 Å². The van der Waals surface area contributed by atoms with E-state index in [2.05, 4.69) is 6.92 Å². The van der Waals surface area contributed by atoms with E-state index in [0.717, 1.165) is 13.0 Å². The van der Waals surface area contributed by atoms with Crippen LogP contribution in [-0.2, 0) is 4.74 Å². The van der Waals surface area contributed by atoms with E-state index in [9.17, 15) is 5.11 Å². The van der Waals surface area contributed by atoms with Gasteiger partial charge in [-0.1, -0.05) is 103 Å². The van der Waals surface area contributed by atoms with Crippen molar-refractivity contribution in [1.29, 1.82) is 0 Å². The predicted octanol–water partition coefficient (Wildman–Crippen LogP) is 6.35. The van der Waals surface area contributed by atoms with Crippen LogP contribution in [0.3, 0.4) is 0 Å². The summed E-state index contributed by atoms with van der Waals surface area (Å²) in [6, 6.07) is 0. The molecule has 0 aliphatic heterocycles. The molecule has 0 fully saturated rings. The van der Waals surface area contributed by atoms with E-state index < -0.39 is 6.10 Å². The Hall–Kier alpha value is 0.230. The topological polar surface area (TPSA) is 49.7 Å². The number of unbranched alkanes of at least 4 members (excludes halogenated alkanes) is 15. The number of aliphatic hydroxyl groups excluding tert-OH is 2. The highest BCUT2D eigenvalue weighted by atomic mass is 32.2. The first-order valence-corrected chi connectivity index (χ1v) is 12.9. The van der Waals surface area contributed by atoms with E-state index in [-0.39, 0.29) is 6.61 Å². The van der Waals surface area contributed by atoms with Crippen molar-refractivity contribution in [2.24, 2.45) is 0 Å². The lowest BCUT2D eigenvalue weighted by atomic mass is 10.0. The Bertz CT molecular complexity index is 264. The number of rotatable bonds is 23. The number of thioether (sulfide) groups is 1. The first kappa shape index (κ1) is 27.2. The lowest BCUT2D eigenvalue weighted by Gasteiger charge is -2.10. The fourth-order valence-corrected chi connectivity index (χ4v) is 3.97. The smallest absolute Gasteiger partial charge is 0.0863 e. The normalized spacial score (nSPS) is 12.6. The zero-order valence-corrected chi connectivity index (χ0v) is 19.0. The van der Waals surface area contributed by atoms with Crippen molar-refractivity contribution < 1.29 is 14.9 Å². The van der Waals surface area contributed by atoms with Gasteiger partial charge in [0.1, 0.15) is 0 Å². The fraction of sp³-hybridized carbons (Fsp3) is 1.00. The van der Waals surface area contributed by atoms with E-state index in [0.29, 0.717) is 18.1 Å². The quantitative estimate of drug-likeness (QED) is 0.195. The first-order chi connectivity index (χ1) is 13.3. The summed E-state index contributed by atoms with van der Waals surface area (Å²) in [5, 5.41) is 18.4. The van der Waals surface area contributed by atoms with Gasteiger partial charge in [0, 0.05) is 18.1 Å². The molecule has 164 valence electrons. The van der Waals surface area contributed by atoms with Crippen molar-refractivity contribution in [3.05, 3.63) is 0 Å². The molecule has 0 aliphatic rings. The molecule has 0 rings (SSSR count). The molecular formula is C23H48O3S. The summed E-state index contributed by atoms with van der Waals surface area (Å²) in [5.41, 5.74) is 0. The van der Waals surface area contributed by atoms with Crippen molar-refractivity contribution in [1.82, 2.24) is 0 Å². The summed E-state index contributed by atoms with van der Waals surface area (Å²) >= 11 is 1.57. The van der Waals surface area contributed by atoms with Crippen molar-refractivity contribution >= 4 is 11.8 Å². The molecule has 0 saturated carbocycles. The van der Waals surface area contributed by atoms with Gasteiger partial charge in [0.05, 0.1) is 19.3 Å². The summed E-state index contributed by atoms with van der Waals surface area (Å²) in [7, 11) is 0. The van der Waals surface area contributed by atoms with Gasteiger partial charge in [-0.2, -0.15) is 11.8 Å². The molecule has 0 saturated heterocycles. The Morgan fingerprint density at radius 2 is 1.15 bits per heavy atom. The fourth-order valence-electron chi connectivity index (χ4n) is 3.30. The van der Waals surface area contributed by atoms with Crippen LogP contribution in [0.4, 0.5) is 0 Å². The molecule has 0 aromatic heterocycles. The highest BCUT2D eigenvalue weighted by molar-refractivity contribution is 7.99. The van der Waals surface area contributed by atoms with Crippen LogP contribution in [0.5, 0.6) is 0 Å². The van der Waals surface area contributed by atoms with Crippen LogP contribution in [-0.4, -0.2) is 47.6 Å². The molecule has 27 heavy (non-hydrogen) atoms. The van der Waals surface area contributed by atoms with Gasteiger partial charge in [-0.15, -0.1) is 0 Å². The summed E-state index contributed by atoms with van der Waals surface area (Å²) in [6.45, 7) is 3.65. The van der Waals surface area contributed by atoms with Gasteiger partial charge in [-0.3, -0.25) is 0 Å². The van der Waals surface area contributed by atoms with Crippen LogP contribution in [0.15, 0.2) is 0 Å². The zero-order chi connectivity index (χ0) is 19.8. The standard InChI is InChI=1S/C23H48O3S/c1-2-3-4-5-6-7-8-9-10-11-12-13-14-15-16-17-19-26-21-23(25)22-27-20-18-24/h23-25H,2-22H2,1H3. The SMILES string of the molecule is CCCCCCCCCCCCCCCCCCOCC(O)CSCCO. The summed E-state index contributed by atoms with van der Waals surface area (Å²) in [6.07, 6.45) is 21.7. The molecular weight excluding hydrogens is 356 g/mol. The predicted molar refractivity (Wildman–Crippen MR) is 121 cm³/mol. The van der Waals surface area contributed by atoms with Gasteiger partial charge in [0.2, 0.25) is 0 Å². The molecule has 1 unspecified atom stereocenters. The molecule has 0 heterocycles. The second kappa shape index (κ2) is 24.3. The molecule has 1 atom stereocenters. The van der Waals surface area contributed by atoms with Gasteiger partial charge >= 0.3 is 0 Å².